The molecule has 14 atom stereocenters. The van der Waals surface area contributed by atoms with E-state index >= 15 is 0 Å². The first-order chi connectivity index (χ1) is 20.0. The highest BCUT2D eigenvalue weighted by Gasteiger charge is 2.51. The highest BCUT2D eigenvalue weighted by molar-refractivity contribution is 5.70. The molecule has 0 bridgehead atoms. The van der Waals surface area contributed by atoms with Gasteiger partial charge in [0.25, 0.3) is 0 Å². The zero-order valence-electron chi connectivity index (χ0n) is 23.6. The van der Waals surface area contributed by atoms with E-state index in [0.717, 1.165) is 32.1 Å². The lowest BCUT2D eigenvalue weighted by Gasteiger charge is -2.47. The van der Waals surface area contributed by atoms with Gasteiger partial charge in [0.15, 0.2) is 12.6 Å². The van der Waals surface area contributed by atoms with E-state index in [4.69, 9.17) is 28.4 Å². The monoisotopic (exact) mass is 609 g/mol. The Balaban J connectivity index is 1.49. The van der Waals surface area contributed by atoms with Crippen molar-refractivity contribution in [2.75, 3.05) is 19.8 Å². The molecule has 0 spiro atoms. The lowest BCUT2D eigenvalue weighted by Crippen LogP contribution is -2.64. The Labute approximate surface area is 243 Å². The molecule has 0 aromatic rings. The third-order valence-corrected chi connectivity index (χ3v) is 8.73. The van der Waals surface area contributed by atoms with E-state index in [9.17, 15) is 45.6 Å². The van der Waals surface area contributed by atoms with Crippen LogP contribution in [0.5, 0.6) is 0 Å². The molecule has 3 aliphatic heterocycles. The summed E-state index contributed by atoms with van der Waals surface area (Å²) in [5, 5.41) is 84.4. The van der Waals surface area contributed by atoms with Gasteiger partial charge in [0.1, 0.15) is 54.9 Å². The van der Waals surface area contributed by atoms with E-state index in [1.807, 2.05) is 0 Å². The normalized spacial score (nSPS) is 44.5. The fourth-order valence-corrected chi connectivity index (χ4v) is 6.21. The molecule has 3 saturated heterocycles. The van der Waals surface area contributed by atoms with Crippen molar-refractivity contribution in [3.63, 3.8) is 0 Å². The summed E-state index contributed by atoms with van der Waals surface area (Å²) in [6, 6.07) is 0. The maximum Gasteiger partial charge on any atom is 0.187 e. The second-order valence-electron chi connectivity index (χ2n) is 11.7. The molecule has 244 valence electrons. The van der Waals surface area contributed by atoms with Crippen molar-refractivity contribution in [1.29, 1.82) is 0 Å². The van der Waals surface area contributed by atoms with Crippen LogP contribution in [-0.2, 0) is 33.2 Å². The fourth-order valence-electron chi connectivity index (χ4n) is 6.21. The predicted octanol–water partition coefficient (Wildman–Crippen LogP) is -3.72. The molecule has 1 saturated carbocycles. The van der Waals surface area contributed by atoms with Crippen LogP contribution < -0.4 is 5.11 Å². The number of carbonyl (C=O) groups excluding carboxylic acids is 1. The summed E-state index contributed by atoms with van der Waals surface area (Å²) >= 11 is 0. The average molecular weight is 610 g/mol. The number of carbonyl (C=O) groups is 1. The molecule has 0 amide bonds. The zero-order valence-corrected chi connectivity index (χ0v) is 23.6. The molecule has 7 N–H and O–H groups in total. The molecule has 0 radical (unpaired) electrons. The number of hydrogen-bond acceptors (Lipinski definition) is 15. The predicted molar refractivity (Wildman–Crippen MR) is 136 cm³/mol. The molecule has 15 nitrogen and oxygen atoms in total. The highest BCUT2D eigenvalue weighted by atomic mass is 16.7. The molecule has 3 heterocycles. The fraction of sp³-hybridized carbons (Fsp3) is 0.963. The van der Waals surface area contributed by atoms with Crippen LogP contribution in [0.25, 0.3) is 0 Å². The van der Waals surface area contributed by atoms with Crippen LogP contribution in [0.3, 0.4) is 0 Å². The van der Waals surface area contributed by atoms with E-state index < -0.39 is 105 Å². The van der Waals surface area contributed by atoms with Crippen LogP contribution in [0.2, 0.25) is 0 Å². The minimum Gasteiger partial charge on any atom is -0.547 e. The summed E-state index contributed by atoms with van der Waals surface area (Å²) in [6.45, 7) is 0.357. The van der Waals surface area contributed by atoms with Crippen molar-refractivity contribution in [2.24, 2.45) is 5.92 Å². The van der Waals surface area contributed by atoms with Gasteiger partial charge in [0.05, 0.1) is 37.5 Å². The van der Waals surface area contributed by atoms with Crippen LogP contribution in [0, 0.1) is 5.92 Å². The van der Waals surface area contributed by atoms with Crippen LogP contribution in [-0.4, -0.2) is 147 Å². The quantitative estimate of drug-likeness (QED) is 0.119. The first-order valence-corrected chi connectivity index (χ1v) is 14.8. The van der Waals surface area contributed by atoms with Gasteiger partial charge in [-0.2, -0.15) is 0 Å². The number of aliphatic hydroxyl groups excluding tert-OH is 7. The minimum atomic E-state index is -1.71. The van der Waals surface area contributed by atoms with Crippen molar-refractivity contribution in [1.82, 2.24) is 0 Å². The number of aliphatic carboxylic acids is 1. The molecule has 1 aliphatic carbocycles. The molecule has 0 aromatic carbocycles. The molecule has 4 rings (SSSR count). The van der Waals surface area contributed by atoms with Crippen LogP contribution >= 0.6 is 0 Å². The van der Waals surface area contributed by atoms with Gasteiger partial charge in [-0.3, -0.25) is 0 Å². The maximum atomic E-state index is 12.0. The lowest BCUT2D eigenvalue weighted by molar-refractivity contribution is -0.360. The van der Waals surface area contributed by atoms with Crippen molar-refractivity contribution >= 4 is 5.97 Å². The van der Waals surface area contributed by atoms with Crippen molar-refractivity contribution in [3.05, 3.63) is 0 Å². The van der Waals surface area contributed by atoms with E-state index in [2.05, 4.69) is 0 Å². The van der Waals surface area contributed by atoms with E-state index in [-0.39, 0.29) is 25.4 Å². The molecule has 4 fully saturated rings. The summed E-state index contributed by atoms with van der Waals surface area (Å²) in [7, 11) is 0. The molecule has 15 heteroatoms. The van der Waals surface area contributed by atoms with Crippen molar-refractivity contribution < 1.29 is 74.1 Å². The van der Waals surface area contributed by atoms with Crippen LogP contribution in [0.1, 0.15) is 51.9 Å². The third kappa shape index (κ3) is 7.77. The molecular formula is C27H45O15-. The Morgan fingerprint density at radius 1 is 0.810 bits per heavy atom. The van der Waals surface area contributed by atoms with Gasteiger partial charge in [0.2, 0.25) is 0 Å². The van der Waals surface area contributed by atoms with E-state index in [1.54, 1.807) is 0 Å². The Kier molecular flexibility index (Phi) is 12.3. The summed E-state index contributed by atoms with van der Waals surface area (Å²) in [5.74, 6) is -1.40. The second-order valence-corrected chi connectivity index (χ2v) is 11.7. The Hall–Kier alpha value is -1.05. The summed E-state index contributed by atoms with van der Waals surface area (Å²) < 4.78 is 34.4. The van der Waals surface area contributed by atoms with Gasteiger partial charge in [-0.25, -0.2) is 0 Å². The first-order valence-electron chi connectivity index (χ1n) is 14.8. The minimum absolute atomic E-state index is 0.0896. The van der Waals surface area contributed by atoms with Gasteiger partial charge < -0.3 is 74.1 Å². The zero-order chi connectivity index (χ0) is 30.6. The second kappa shape index (κ2) is 15.3. The van der Waals surface area contributed by atoms with E-state index in [0.29, 0.717) is 0 Å². The number of carboxylic acids is 1. The Morgan fingerprint density at radius 3 is 2.12 bits per heavy atom. The maximum absolute atomic E-state index is 12.0. The number of hydrogen-bond donors (Lipinski definition) is 7. The number of carboxylic acid groups (broad SMARTS) is 1. The van der Waals surface area contributed by atoms with Gasteiger partial charge >= 0.3 is 0 Å². The lowest BCUT2D eigenvalue weighted by atomic mass is 9.85. The Morgan fingerprint density at radius 2 is 1.48 bits per heavy atom. The van der Waals surface area contributed by atoms with Crippen LogP contribution in [0.15, 0.2) is 0 Å². The van der Waals surface area contributed by atoms with Crippen molar-refractivity contribution in [3.8, 4) is 0 Å². The molecule has 0 unspecified atom stereocenters. The third-order valence-electron chi connectivity index (χ3n) is 8.73. The molecule has 0 aromatic heterocycles. The number of rotatable bonds is 11. The highest BCUT2D eigenvalue weighted by Crippen LogP contribution is 2.33. The topological polar surface area (TPSA) is 237 Å². The standard InChI is InChI=1S/C27H46O15/c1-12-18(30)20(32)21(33)26(38-12)42-23-14(7-8-37-17(23)11-29)40-27-22(34)24(19(31)16(10-28)41-27)39-15(25(35)36)9-13-5-3-2-4-6-13/h12-24,26-34H,2-11H2,1H3,(H,35,36)/p-1/t12-,14+,15-,16-,17-,18+,19-,20-,21-,22-,23-,24-,26-,27+/m0/s1. The number of aliphatic hydroxyl groups is 7. The van der Waals surface area contributed by atoms with E-state index in [1.165, 1.54) is 6.92 Å². The number of ether oxygens (including phenoxy) is 6. The summed E-state index contributed by atoms with van der Waals surface area (Å²) in [6.07, 6.45) is -14.1. The average Bonchev–Trinajstić information content (AvgIpc) is 2.98. The van der Waals surface area contributed by atoms with Gasteiger partial charge in [0, 0.05) is 6.61 Å². The van der Waals surface area contributed by atoms with Gasteiger partial charge in [-0.1, -0.05) is 32.1 Å². The molecule has 4 aliphatic rings. The van der Waals surface area contributed by atoms with Crippen LogP contribution in [0.4, 0.5) is 0 Å². The van der Waals surface area contributed by atoms with Gasteiger partial charge in [-0.15, -0.1) is 0 Å². The van der Waals surface area contributed by atoms with Crippen molar-refractivity contribution in [2.45, 2.75) is 138 Å². The summed E-state index contributed by atoms with van der Waals surface area (Å²) in [5.41, 5.74) is 0. The smallest absolute Gasteiger partial charge is 0.187 e. The van der Waals surface area contributed by atoms with Gasteiger partial charge in [-0.05, 0) is 25.7 Å². The first kappa shape index (κ1) is 33.8. The molecular weight excluding hydrogens is 564 g/mol. The SMILES string of the molecule is C[C@@H]1O[C@@H](O[C@@H]2[C@H](CO)OCC[C@H]2O[C@@H]2O[C@@H](CO)[C@H](O)[C@H](O[C@@H](CC3CCCCC3)C(=O)[O-])[C@@H]2O)[C@@H](O)[C@@H](O)[C@@H]1O. The Bertz CT molecular complexity index is 842. The summed E-state index contributed by atoms with van der Waals surface area (Å²) in [4.78, 5) is 12.0. The largest absolute Gasteiger partial charge is 0.547 e. The molecule has 42 heavy (non-hydrogen) atoms.